The minimum atomic E-state index is 0.0725. The van der Waals surface area contributed by atoms with Gasteiger partial charge in [-0.1, -0.05) is 30.3 Å². The van der Waals surface area contributed by atoms with Crippen molar-refractivity contribution in [3.05, 3.63) is 35.9 Å². The summed E-state index contributed by atoms with van der Waals surface area (Å²) in [5.41, 5.74) is 6.64. The van der Waals surface area contributed by atoms with Crippen molar-refractivity contribution in [2.45, 2.75) is 25.4 Å². The fourth-order valence-electron chi connectivity index (χ4n) is 2.02. The minimum Gasteiger partial charge on any atom is -0.354 e. The Kier molecular flexibility index (Phi) is 4.73. The number of nitrogens with two attached hydrogens (primary N) is 1. The molecule has 1 aromatic rings. The highest BCUT2D eigenvalue weighted by molar-refractivity contribution is 5.78. The molecule has 0 heterocycles. The number of hydrogen-bond donors (Lipinski definition) is 2. The van der Waals surface area contributed by atoms with Crippen LogP contribution in [0.1, 0.15) is 18.4 Å². The van der Waals surface area contributed by atoms with Crippen LogP contribution in [0.15, 0.2) is 30.3 Å². The molecule has 1 amide bonds. The zero-order chi connectivity index (χ0) is 12.8. The molecule has 18 heavy (non-hydrogen) atoms. The molecule has 4 nitrogen and oxygen atoms in total. The van der Waals surface area contributed by atoms with E-state index in [2.05, 4.69) is 22.3 Å². The van der Waals surface area contributed by atoms with Gasteiger partial charge < -0.3 is 11.1 Å². The van der Waals surface area contributed by atoms with Crippen LogP contribution in [0.25, 0.3) is 0 Å². The van der Waals surface area contributed by atoms with Gasteiger partial charge in [0.05, 0.1) is 6.54 Å². The lowest BCUT2D eigenvalue weighted by atomic mass is 10.2. The van der Waals surface area contributed by atoms with Crippen molar-refractivity contribution in [2.24, 2.45) is 5.73 Å². The summed E-state index contributed by atoms with van der Waals surface area (Å²) in [6.07, 6.45) is 2.41. The molecule has 3 N–H and O–H groups in total. The zero-order valence-corrected chi connectivity index (χ0v) is 10.6. The molecular weight excluding hydrogens is 226 g/mol. The zero-order valence-electron chi connectivity index (χ0n) is 10.6. The summed E-state index contributed by atoms with van der Waals surface area (Å²) in [7, 11) is 0. The highest BCUT2D eigenvalue weighted by atomic mass is 16.2. The Morgan fingerprint density at radius 2 is 2.06 bits per heavy atom. The number of nitrogens with one attached hydrogen (secondary N) is 1. The van der Waals surface area contributed by atoms with Gasteiger partial charge in [-0.15, -0.1) is 0 Å². The van der Waals surface area contributed by atoms with E-state index in [1.807, 2.05) is 18.2 Å². The second-order valence-corrected chi connectivity index (χ2v) is 4.76. The van der Waals surface area contributed by atoms with Crippen molar-refractivity contribution >= 4 is 5.91 Å². The Bertz CT molecular complexity index is 376. The first-order chi connectivity index (χ1) is 8.79. The van der Waals surface area contributed by atoms with Gasteiger partial charge in [0.25, 0.3) is 0 Å². The van der Waals surface area contributed by atoms with Gasteiger partial charge in [-0.3, -0.25) is 9.69 Å². The first-order valence-corrected chi connectivity index (χ1v) is 6.54. The molecule has 0 saturated heterocycles. The Morgan fingerprint density at radius 3 is 2.67 bits per heavy atom. The van der Waals surface area contributed by atoms with Gasteiger partial charge in [-0.2, -0.15) is 0 Å². The van der Waals surface area contributed by atoms with E-state index in [1.165, 1.54) is 18.4 Å². The number of rotatable bonds is 7. The lowest BCUT2D eigenvalue weighted by Crippen LogP contribution is -2.39. The van der Waals surface area contributed by atoms with Gasteiger partial charge in [-0.05, 0) is 18.4 Å². The predicted octanol–water partition coefficient (Wildman–Crippen LogP) is 0.726. The summed E-state index contributed by atoms with van der Waals surface area (Å²) in [6, 6.07) is 10.9. The summed E-state index contributed by atoms with van der Waals surface area (Å²) in [5, 5.41) is 2.83. The molecule has 0 spiro atoms. The molecule has 0 aliphatic heterocycles. The third kappa shape index (κ3) is 4.13. The Morgan fingerprint density at radius 1 is 1.33 bits per heavy atom. The Balaban J connectivity index is 1.86. The van der Waals surface area contributed by atoms with Gasteiger partial charge >= 0.3 is 0 Å². The van der Waals surface area contributed by atoms with E-state index in [0.29, 0.717) is 25.7 Å². The SMILES string of the molecule is NCCNC(=O)CN(Cc1ccccc1)C1CC1. The van der Waals surface area contributed by atoms with E-state index in [9.17, 15) is 4.79 Å². The minimum absolute atomic E-state index is 0.0725. The first kappa shape index (κ1) is 13.1. The Labute approximate surface area is 108 Å². The van der Waals surface area contributed by atoms with Crippen molar-refractivity contribution in [1.82, 2.24) is 10.2 Å². The summed E-state index contributed by atoms with van der Waals surface area (Å²) in [6.45, 7) is 2.37. The molecule has 0 unspecified atom stereocenters. The van der Waals surface area contributed by atoms with Crippen LogP contribution >= 0.6 is 0 Å². The highest BCUT2D eigenvalue weighted by Crippen LogP contribution is 2.27. The number of benzene rings is 1. The number of carbonyl (C=O) groups is 1. The topological polar surface area (TPSA) is 58.4 Å². The van der Waals surface area contributed by atoms with E-state index in [4.69, 9.17) is 5.73 Å². The largest absolute Gasteiger partial charge is 0.354 e. The maximum Gasteiger partial charge on any atom is 0.234 e. The summed E-state index contributed by atoms with van der Waals surface area (Å²) >= 11 is 0. The lowest BCUT2D eigenvalue weighted by Gasteiger charge is -2.21. The van der Waals surface area contributed by atoms with Crippen LogP contribution in [0, 0.1) is 0 Å². The second-order valence-electron chi connectivity index (χ2n) is 4.76. The number of amides is 1. The number of carbonyl (C=O) groups excluding carboxylic acids is 1. The molecule has 0 atom stereocenters. The second kappa shape index (κ2) is 6.52. The normalized spacial score (nSPS) is 14.8. The smallest absolute Gasteiger partial charge is 0.234 e. The van der Waals surface area contributed by atoms with Crippen molar-refractivity contribution in [3.8, 4) is 0 Å². The number of hydrogen-bond acceptors (Lipinski definition) is 3. The fraction of sp³-hybridized carbons (Fsp3) is 0.500. The molecule has 1 aliphatic carbocycles. The maximum atomic E-state index is 11.7. The molecule has 0 bridgehead atoms. The van der Waals surface area contributed by atoms with Crippen LogP contribution < -0.4 is 11.1 Å². The average molecular weight is 247 g/mol. The van der Waals surface area contributed by atoms with Crippen LogP contribution in [-0.4, -0.2) is 36.5 Å². The molecule has 4 heteroatoms. The molecule has 0 radical (unpaired) electrons. The molecule has 2 rings (SSSR count). The molecule has 1 aliphatic rings. The van der Waals surface area contributed by atoms with E-state index in [1.54, 1.807) is 0 Å². The van der Waals surface area contributed by atoms with Crippen molar-refractivity contribution in [3.63, 3.8) is 0 Å². The average Bonchev–Trinajstić information content (AvgIpc) is 3.21. The fourth-order valence-corrected chi connectivity index (χ4v) is 2.02. The third-order valence-electron chi connectivity index (χ3n) is 3.10. The van der Waals surface area contributed by atoms with Gasteiger partial charge in [0.2, 0.25) is 5.91 Å². The predicted molar refractivity (Wildman–Crippen MR) is 71.9 cm³/mol. The Hall–Kier alpha value is -1.39. The number of nitrogens with zero attached hydrogens (tertiary/aromatic N) is 1. The van der Waals surface area contributed by atoms with Crippen molar-refractivity contribution < 1.29 is 4.79 Å². The van der Waals surface area contributed by atoms with E-state index in [0.717, 1.165) is 6.54 Å². The standard InChI is InChI=1S/C14H21N3O/c15-8-9-16-14(18)11-17(13-6-7-13)10-12-4-2-1-3-5-12/h1-5,13H,6-11,15H2,(H,16,18). The van der Waals surface area contributed by atoms with Crippen LogP contribution in [0.2, 0.25) is 0 Å². The van der Waals surface area contributed by atoms with Gasteiger partial charge in [0.1, 0.15) is 0 Å². The first-order valence-electron chi connectivity index (χ1n) is 6.54. The van der Waals surface area contributed by atoms with Crippen LogP contribution in [0.5, 0.6) is 0 Å². The van der Waals surface area contributed by atoms with Gasteiger partial charge in [-0.25, -0.2) is 0 Å². The molecule has 0 aromatic heterocycles. The van der Waals surface area contributed by atoms with E-state index >= 15 is 0 Å². The summed E-state index contributed by atoms with van der Waals surface area (Å²) < 4.78 is 0. The molecule has 98 valence electrons. The third-order valence-corrected chi connectivity index (χ3v) is 3.10. The molecule has 1 aromatic carbocycles. The van der Waals surface area contributed by atoms with Crippen LogP contribution in [-0.2, 0) is 11.3 Å². The monoisotopic (exact) mass is 247 g/mol. The van der Waals surface area contributed by atoms with Crippen LogP contribution in [0.3, 0.4) is 0 Å². The highest BCUT2D eigenvalue weighted by Gasteiger charge is 2.30. The van der Waals surface area contributed by atoms with Gasteiger partial charge in [0.15, 0.2) is 0 Å². The summed E-state index contributed by atoms with van der Waals surface area (Å²) in [4.78, 5) is 14.0. The maximum absolute atomic E-state index is 11.7. The quantitative estimate of drug-likeness (QED) is 0.746. The van der Waals surface area contributed by atoms with Gasteiger partial charge in [0, 0.05) is 25.7 Å². The van der Waals surface area contributed by atoms with Crippen molar-refractivity contribution in [2.75, 3.05) is 19.6 Å². The van der Waals surface area contributed by atoms with E-state index < -0.39 is 0 Å². The molecule has 1 fully saturated rings. The molecule has 1 saturated carbocycles. The molecular formula is C14H21N3O. The van der Waals surface area contributed by atoms with Crippen LogP contribution in [0.4, 0.5) is 0 Å². The lowest BCUT2D eigenvalue weighted by molar-refractivity contribution is -0.122. The summed E-state index contributed by atoms with van der Waals surface area (Å²) in [5.74, 6) is 0.0725. The van der Waals surface area contributed by atoms with E-state index in [-0.39, 0.29) is 5.91 Å². The van der Waals surface area contributed by atoms with Crippen molar-refractivity contribution in [1.29, 1.82) is 0 Å².